The number of rotatable bonds is 5. The van der Waals surface area contributed by atoms with E-state index < -0.39 is 11.7 Å². The lowest BCUT2D eigenvalue weighted by molar-refractivity contribution is -0.138. The maximum absolute atomic E-state index is 13.6. The highest BCUT2D eigenvalue weighted by atomic mass is 32.1. The standard InChI is InChI=1S/C29H24F3NOS.C2H6.H2O/c1-3-25-20(9-8-12-26(25)29(30,31)32)19-21-13-18-28(35)33(27(21)4-2)22-14-16-24(17-15-22)34-23-10-6-5-7-11-23;1-2;/h5-12,14-17,19H,2-3,13,18H2,1H3;1-2H3;1H2/b21-19+;;. The molecule has 0 aliphatic carbocycles. The van der Waals surface area contributed by atoms with Crippen molar-refractivity contribution in [1.82, 2.24) is 0 Å². The van der Waals surface area contributed by atoms with E-state index in [9.17, 15) is 13.2 Å². The maximum Gasteiger partial charge on any atom is 0.416 e. The second-order valence-corrected chi connectivity index (χ2v) is 8.53. The van der Waals surface area contributed by atoms with Crippen LogP contribution < -0.4 is 9.64 Å². The Balaban J connectivity index is 0.00000165. The number of hydrogen-bond acceptors (Lipinski definition) is 2. The first-order valence-electron chi connectivity index (χ1n) is 12.3. The van der Waals surface area contributed by atoms with E-state index >= 15 is 0 Å². The normalized spacial score (nSPS) is 14.3. The van der Waals surface area contributed by atoms with Crippen molar-refractivity contribution >= 4 is 29.0 Å². The highest BCUT2D eigenvalue weighted by Gasteiger charge is 2.33. The number of ether oxygens (including phenoxy) is 1. The summed E-state index contributed by atoms with van der Waals surface area (Å²) < 4.78 is 46.5. The number of hydrogen-bond donors (Lipinski definition) is 0. The van der Waals surface area contributed by atoms with Crippen LogP contribution in [0.5, 0.6) is 11.5 Å². The fourth-order valence-electron chi connectivity index (χ4n) is 4.22. The van der Waals surface area contributed by atoms with Crippen LogP contribution in [0.25, 0.3) is 6.08 Å². The van der Waals surface area contributed by atoms with Gasteiger partial charge in [-0.3, -0.25) is 4.90 Å². The van der Waals surface area contributed by atoms with Gasteiger partial charge < -0.3 is 10.2 Å². The summed E-state index contributed by atoms with van der Waals surface area (Å²) in [6.07, 6.45) is -1.13. The summed E-state index contributed by atoms with van der Waals surface area (Å²) in [6, 6.07) is 21.3. The SMILES string of the molecule is C=C=C1/C(=C/c2cccc(C(F)(F)F)c2CC)CCC(=S)N1c1ccc(Oc2ccccc2)cc1.CC.O. The van der Waals surface area contributed by atoms with Crippen molar-refractivity contribution in [3.8, 4) is 11.5 Å². The molecule has 0 unspecified atom stereocenters. The number of piperidine rings is 1. The molecule has 1 saturated heterocycles. The molecule has 4 rings (SSSR count). The number of para-hydroxylation sites is 1. The average molecular weight is 540 g/mol. The number of alkyl halides is 3. The molecule has 38 heavy (non-hydrogen) atoms. The van der Waals surface area contributed by atoms with Crippen LogP contribution in [-0.4, -0.2) is 10.5 Å². The molecular weight excluding hydrogens is 507 g/mol. The van der Waals surface area contributed by atoms with E-state index in [-0.39, 0.29) is 17.5 Å². The molecule has 1 aliphatic rings. The molecule has 0 aromatic heterocycles. The minimum absolute atomic E-state index is 0. The van der Waals surface area contributed by atoms with E-state index in [1.165, 1.54) is 6.07 Å². The molecule has 7 heteroatoms. The van der Waals surface area contributed by atoms with E-state index in [1.54, 1.807) is 13.0 Å². The van der Waals surface area contributed by atoms with Crippen molar-refractivity contribution in [2.75, 3.05) is 4.90 Å². The minimum Gasteiger partial charge on any atom is -0.457 e. The van der Waals surface area contributed by atoms with Crippen LogP contribution in [0.3, 0.4) is 0 Å². The van der Waals surface area contributed by atoms with Crippen LogP contribution >= 0.6 is 12.2 Å². The smallest absolute Gasteiger partial charge is 0.416 e. The van der Waals surface area contributed by atoms with Crippen LogP contribution in [0.2, 0.25) is 0 Å². The number of halogens is 3. The second-order valence-electron chi connectivity index (χ2n) is 8.06. The number of thiocarbonyl (C=S) groups is 1. The van der Waals surface area contributed by atoms with E-state index in [2.05, 4.69) is 12.3 Å². The fraction of sp³-hybridized carbons (Fsp3) is 0.226. The average Bonchev–Trinajstić information content (AvgIpc) is 2.91. The number of allylic oxidation sites excluding steroid dienone is 1. The first kappa shape index (κ1) is 30.6. The summed E-state index contributed by atoms with van der Waals surface area (Å²) in [7, 11) is 0. The van der Waals surface area contributed by atoms with Crippen molar-refractivity contribution in [3.05, 3.63) is 113 Å². The molecule has 0 saturated carbocycles. The molecule has 3 aromatic carbocycles. The van der Waals surface area contributed by atoms with Gasteiger partial charge in [-0.2, -0.15) is 13.2 Å². The molecule has 0 atom stereocenters. The molecule has 1 aliphatic heterocycles. The Labute approximate surface area is 227 Å². The number of nitrogens with zero attached hydrogens (tertiary/aromatic N) is 1. The van der Waals surface area contributed by atoms with Gasteiger partial charge in [0.2, 0.25) is 0 Å². The molecule has 0 radical (unpaired) electrons. The van der Waals surface area contributed by atoms with Crippen LogP contribution in [0.4, 0.5) is 18.9 Å². The van der Waals surface area contributed by atoms with Gasteiger partial charge in [0.25, 0.3) is 0 Å². The second kappa shape index (κ2) is 13.8. The van der Waals surface area contributed by atoms with Crippen LogP contribution in [0.1, 0.15) is 50.3 Å². The zero-order chi connectivity index (χ0) is 27.0. The molecule has 2 N–H and O–H groups in total. The predicted octanol–water partition coefficient (Wildman–Crippen LogP) is 8.94. The van der Waals surface area contributed by atoms with Crippen molar-refractivity contribution < 1.29 is 23.4 Å². The third-order valence-corrected chi connectivity index (χ3v) is 6.21. The summed E-state index contributed by atoms with van der Waals surface area (Å²) >= 11 is 5.66. The number of anilines is 1. The molecule has 1 heterocycles. The lowest BCUT2D eigenvalue weighted by Gasteiger charge is -2.33. The van der Waals surface area contributed by atoms with Crippen LogP contribution in [-0.2, 0) is 12.6 Å². The Bertz CT molecular complexity index is 1310. The van der Waals surface area contributed by atoms with Gasteiger partial charge in [-0.15, -0.1) is 5.73 Å². The van der Waals surface area contributed by atoms with Gasteiger partial charge in [0.1, 0.15) is 11.5 Å². The topological polar surface area (TPSA) is 44.0 Å². The minimum atomic E-state index is -4.40. The highest BCUT2D eigenvalue weighted by molar-refractivity contribution is 7.80. The Morgan fingerprint density at radius 3 is 2.16 bits per heavy atom. The van der Waals surface area contributed by atoms with Crippen molar-refractivity contribution in [3.63, 3.8) is 0 Å². The quantitative estimate of drug-likeness (QED) is 0.240. The zero-order valence-corrected chi connectivity index (χ0v) is 22.5. The van der Waals surface area contributed by atoms with E-state index in [1.807, 2.05) is 79.4 Å². The molecule has 3 nitrogen and oxygen atoms in total. The zero-order valence-electron chi connectivity index (χ0n) is 21.7. The van der Waals surface area contributed by atoms with Gasteiger partial charge in [-0.05, 0) is 78.1 Å². The molecule has 200 valence electrons. The van der Waals surface area contributed by atoms with Gasteiger partial charge in [0.15, 0.2) is 0 Å². The molecule has 0 bridgehead atoms. The third kappa shape index (κ3) is 7.01. The van der Waals surface area contributed by atoms with Crippen LogP contribution in [0, 0.1) is 0 Å². The molecule has 0 amide bonds. The Morgan fingerprint density at radius 1 is 0.947 bits per heavy atom. The third-order valence-electron chi connectivity index (χ3n) is 5.83. The van der Waals surface area contributed by atoms with Gasteiger partial charge in [0.05, 0.1) is 16.2 Å². The van der Waals surface area contributed by atoms with Gasteiger partial charge in [-0.25, -0.2) is 0 Å². The fourth-order valence-corrected chi connectivity index (χ4v) is 4.52. The van der Waals surface area contributed by atoms with Crippen molar-refractivity contribution in [2.45, 2.75) is 46.2 Å². The Hall–Kier alpha value is -3.64. The van der Waals surface area contributed by atoms with Crippen molar-refractivity contribution in [1.29, 1.82) is 0 Å². The van der Waals surface area contributed by atoms with Gasteiger partial charge in [0, 0.05) is 12.1 Å². The van der Waals surface area contributed by atoms with Crippen molar-refractivity contribution in [2.24, 2.45) is 0 Å². The summed E-state index contributed by atoms with van der Waals surface area (Å²) in [6.45, 7) is 9.58. The van der Waals surface area contributed by atoms with E-state index in [4.69, 9.17) is 17.0 Å². The summed E-state index contributed by atoms with van der Waals surface area (Å²) in [5.74, 6) is 1.41. The van der Waals surface area contributed by atoms with E-state index in [0.717, 1.165) is 23.1 Å². The highest BCUT2D eigenvalue weighted by Crippen LogP contribution is 2.38. The first-order chi connectivity index (χ1) is 17.8. The molecular formula is C31H32F3NO2S. The Morgan fingerprint density at radius 2 is 1.58 bits per heavy atom. The molecule has 3 aromatic rings. The molecule has 0 spiro atoms. The monoisotopic (exact) mass is 539 g/mol. The molecule has 1 fully saturated rings. The summed E-state index contributed by atoms with van der Waals surface area (Å²) in [5.41, 5.74) is 5.50. The summed E-state index contributed by atoms with van der Waals surface area (Å²) in [4.78, 5) is 2.58. The first-order valence-corrected chi connectivity index (χ1v) is 12.7. The lowest BCUT2D eigenvalue weighted by atomic mass is 9.93. The van der Waals surface area contributed by atoms with E-state index in [0.29, 0.717) is 34.8 Å². The van der Waals surface area contributed by atoms with Gasteiger partial charge in [-0.1, -0.05) is 69.9 Å². The predicted molar refractivity (Wildman–Crippen MR) is 154 cm³/mol. The largest absolute Gasteiger partial charge is 0.457 e. The van der Waals surface area contributed by atoms with Gasteiger partial charge >= 0.3 is 6.18 Å². The van der Waals surface area contributed by atoms with Crippen LogP contribution in [0.15, 0.2) is 96.4 Å². The lowest BCUT2D eigenvalue weighted by Crippen LogP contribution is -2.33. The number of benzene rings is 3. The maximum atomic E-state index is 13.6. The summed E-state index contributed by atoms with van der Waals surface area (Å²) in [5, 5.41) is 0. The Kier molecular flexibility index (Phi) is 11.1.